The highest BCUT2D eigenvalue weighted by atomic mass is 16.4. The van der Waals surface area contributed by atoms with E-state index in [1.54, 1.807) is 4.90 Å². The van der Waals surface area contributed by atoms with Crippen LogP contribution in [0.3, 0.4) is 0 Å². The van der Waals surface area contributed by atoms with E-state index in [0.29, 0.717) is 37.0 Å². The van der Waals surface area contributed by atoms with Crippen molar-refractivity contribution < 1.29 is 18.8 Å². The van der Waals surface area contributed by atoms with E-state index in [9.17, 15) is 14.4 Å². The van der Waals surface area contributed by atoms with E-state index in [-0.39, 0.29) is 24.2 Å². The van der Waals surface area contributed by atoms with Crippen molar-refractivity contribution in [3.63, 3.8) is 0 Å². The van der Waals surface area contributed by atoms with Crippen LogP contribution < -0.4 is 16.0 Å². The zero-order valence-corrected chi connectivity index (χ0v) is 17.0. The van der Waals surface area contributed by atoms with Crippen molar-refractivity contribution >= 4 is 23.7 Å². The van der Waals surface area contributed by atoms with Crippen LogP contribution in [0, 0.1) is 0 Å². The Labute approximate surface area is 178 Å². The average Bonchev–Trinajstić information content (AvgIpc) is 3.38. The molecule has 3 aliphatic rings. The first-order chi connectivity index (χ1) is 15.1. The van der Waals surface area contributed by atoms with Gasteiger partial charge in [0.05, 0.1) is 0 Å². The minimum Gasteiger partial charge on any atom is -0.408 e. The summed E-state index contributed by atoms with van der Waals surface area (Å²) in [6.07, 6.45) is 2.73. The Bertz CT molecular complexity index is 1030. The van der Waals surface area contributed by atoms with E-state index in [1.807, 2.05) is 18.2 Å². The molecule has 3 aliphatic heterocycles. The second kappa shape index (κ2) is 8.10. The fourth-order valence-electron chi connectivity index (χ4n) is 4.42. The molecule has 2 unspecified atom stereocenters. The molecule has 3 N–H and O–H groups in total. The second-order valence-electron chi connectivity index (χ2n) is 8.23. The monoisotopic (exact) mass is 424 g/mol. The van der Waals surface area contributed by atoms with E-state index in [0.717, 1.165) is 37.1 Å². The molecule has 162 valence electrons. The first kappa shape index (κ1) is 19.7. The molecule has 2 saturated heterocycles. The fourth-order valence-corrected chi connectivity index (χ4v) is 4.42. The van der Waals surface area contributed by atoms with Gasteiger partial charge in [-0.1, -0.05) is 17.2 Å². The Morgan fingerprint density at radius 1 is 1.19 bits per heavy atom. The molecule has 0 spiro atoms. The molecule has 4 heterocycles. The topological polar surface area (TPSA) is 129 Å². The molecule has 10 nitrogen and oxygen atoms in total. The molecule has 31 heavy (non-hydrogen) atoms. The predicted octanol–water partition coefficient (Wildman–Crippen LogP) is 0.910. The number of rotatable bonds is 5. The number of nitrogens with one attached hydrogen (secondary N) is 3. The molecule has 10 heteroatoms. The number of amides is 3. The molecule has 0 saturated carbocycles. The van der Waals surface area contributed by atoms with Gasteiger partial charge < -0.3 is 20.0 Å². The summed E-state index contributed by atoms with van der Waals surface area (Å²) in [6, 6.07) is 5.43. The molecule has 1 aromatic carbocycles. The van der Waals surface area contributed by atoms with E-state index in [1.165, 1.54) is 0 Å². The summed E-state index contributed by atoms with van der Waals surface area (Å²) in [5, 5.41) is 17.0. The number of benzene rings is 1. The van der Waals surface area contributed by atoms with Gasteiger partial charge in [0.2, 0.25) is 17.7 Å². The standard InChI is InChI=1S/C21H24N6O4/c28-17-6-5-16(18(29)24-17)27-11-14-4-3-12(8-15(14)20(27)30)9-23-21-26-25-19(31-21)13-2-1-7-22-10-13/h3-4,8,13,16,22H,1-2,5-7,9-11H2,(H,23,26)(H,24,28,29). The maximum absolute atomic E-state index is 12.9. The van der Waals surface area contributed by atoms with Crippen LogP contribution >= 0.6 is 0 Å². The summed E-state index contributed by atoms with van der Waals surface area (Å²) in [5.74, 6) is 0.00461. The van der Waals surface area contributed by atoms with Gasteiger partial charge in [0, 0.05) is 37.5 Å². The summed E-state index contributed by atoms with van der Waals surface area (Å²) in [7, 11) is 0. The highest BCUT2D eigenvalue weighted by Gasteiger charge is 2.39. The van der Waals surface area contributed by atoms with E-state index in [2.05, 4.69) is 26.1 Å². The van der Waals surface area contributed by atoms with Crippen molar-refractivity contribution in [2.45, 2.75) is 50.7 Å². The SMILES string of the molecule is O=C1CCC(N2Cc3ccc(CNc4nnc(C5CCCNC5)o4)cc3C2=O)C(=O)N1. The molecule has 0 radical (unpaired) electrons. The predicted molar refractivity (Wildman–Crippen MR) is 109 cm³/mol. The van der Waals surface area contributed by atoms with Gasteiger partial charge in [0.15, 0.2) is 0 Å². The van der Waals surface area contributed by atoms with E-state index < -0.39 is 11.9 Å². The maximum Gasteiger partial charge on any atom is 0.315 e. The van der Waals surface area contributed by atoms with E-state index >= 15 is 0 Å². The van der Waals surface area contributed by atoms with Crippen LogP contribution in [0.5, 0.6) is 0 Å². The number of piperidine rings is 2. The number of carbonyl (C=O) groups excluding carboxylic acids is 3. The highest BCUT2D eigenvalue weighted by Crippen LogP contribution is 2.28. The first-order valence-electron chi connectivity index (χ1n) is 10.6. The number of hydrogen-bond donors (Lipinski definition) is 3. The van der Waals surface area contributed by atoms with Crippen LogP contribution in [-0.2, 0) is 22.7 Å². The number of carbonyl (C=O) groups is 3. The smallest absolute Gasteiger partial charge is 0.315 e. The number of nitrogens with zero attached hydrogens (tertiary/aromatic N) is 3. The lowest BCUT2D eigenvalue weighted by molar-refractivity contribution is -0.136. The lowest BCUT2D eigenvalue weighted by Gasteiger charge is -2.29. The van der Waals surface area contributed by atoms with Crippen LogP contribution in [0.1, 0.15) is 59.0 Å². The van der Waals surface area contributed by atoms with E-state index in [4.69, 9.17) is 4.42 Å². The highest BCUT2D eigenvalue weighted by molar-refractivity contribution is 6.05. The normalized spacial score (nSPS) is 23.6. The summed E-state index contributed by atoms with van der Waals surface area (Å²) in [6.45, 7) is 2.67. The number of fused-ring (bicyclic) bond motifs is 1. The number of anilines is 1. The van der Waals surface area contributed by atoms with Crippen molar-refractivity contribution in [3.05, 3.63) is 40.8 Å². The van der Waals surface area contributed by atoms with Gasteiger partial charge in [-0.2, -0.15) is 0 Å². The van der Waals surface area contributed by atoms with Gasteiger partial charge in [-0.15, -0.1) is 5.10 Å². The minimum absolute atomic E-state index is 0.184. The zero-order chi connectivity index (χ0) is 21.4. The zero-order valence-electron chi connectivity index (χ0n) is 17.0. The first-order valence-corrected chi connectivity index (χ1v) is 10.6. The molecule has 0 bridgehead atoms. The van der Waals surface area contributed by atoms with Crippen molar-refractivity contribution in [3.8, 4) is 0 Å². The van der Waals surface area contributed by atoms with Crippen molar-refractivity contribution in [1.82, 2.24) is 25.7 Å². The van der Waals surface area contributed by atoms with Crippen LogP contribution in [0.25, 0.3) is 0 Å². The fraction of sp³-hybridized carbons (Fsp3) is 0.476. The lowest BCUT2D eigenvalue weighted by atomic mass is 10.00. The maximum atomic E-state index is 12.9. The van der Waals surface area contributed by atoms with Crippen molar-refractivity contribution in [1.29, 1.82) is 0 Å². The molecular formula is C21H24N6O4. The molecule has 2 atom stereocenters. The molecule has 3 amide bonds. The Morgan fingerprint density at radius 3 is 2.90 bits per heavy atom. The Hall–Kier alpha value is -3.27. The Morgan fingerprint density at radius 2 is 2.10 bits per heavy atom. The van der Waals surface area contributed by atoms with Gasteiger partial charge in [-0.3, -0.25) is 19.7 Å². The van der Waals surface area contributed by atoms with Crippen LogP contribution in [0.2, 0.25) is 0 Å². The van der Waals surface area contributed by atoms with Gasteiger partial charge in [-0.25, -0.2) is 0 Å². The third-order valence-corrected chi connectivity index (χ3v) is 6.12. The number of imide groups is 1. The molecular weight excluding hydrogens is 400 g/mol. The molecule has 1 aromatic heterocycles. The molecule has 5 rings (SSSR count). The molecule has 0 aliphatic carbocycles. The molecule has 2 aromatic rings. The van der Waals surface area contributed by atoms with Crippen molar-refractivity contribution in [2.75, 3.05) is 18.4 Å². The quantitative estimate of drug-likeness (QED) is 0.604. The van der Waals surface area contributed by atoms with Crippen molar-refractivity contribution in [2.24, 2.45) is 0 Å². The molecule has 2 fully saturated rings. The van der Waals surface area contributed by atoms with Crippen LogP contribution in [0.4, 0.5) is 6.01 Å². The van der Waals surface area contributed by atoms with Gasteiger partial charge in [0.25, 0.3) is 5.91 Å². The van der Waals surface area contributed by atoms with Gasteiger partial charge in [0.1, 0.15) is 6.04 Å². The summed E-state index contributed by atoms with van der Waals surface area (Å²) in [5.41, 5.74) is 2.36. The minimum atomic E-state index is -0.606. The Balaban J connectivity index is 1.23. The lowest BCUT2D eigenvalue weighted by Crippen LogP contribution is -2.52. The van der Waals surface area contributed by atoms with Gasteiger partial charge in [-0.05, 0) is 43.0 Å². The third-order valence-electron chi connectivity index (χ3n) is 6.12. The number of aromatic nitrogens is 2. The second-order valence-corrected chi connectivity index (χ2v) is 8.23. The third kappa shape index (κ3) is 3.90. The average molecular weight is 424 g/mol. The van der Waals surface area contributed by atoms with Gasteiger partial charge >= 0.3 is 6.01 Å². The Kier molecular flexibility index (Phi) is 5.14. The number of hydrogen-bond acceptors (Lipinski definition) is 8. The van der Waals surface area contributed by atoms with Crippen LogP contribution in [0.15, 0.2) is 22.6 Å². The largest absolute Gasteiger partial charge is 0.408 e. The summed E-state index contributed by atoms with van der Waals surface area (Å²) in [4.78, 5) is 38.0. The summed E-state index contributed by atoms with van der Waals surface area (Å²) < 4.78 is 5.76. The van der Waals surface area contributed by atoms with Crippen LogP contribution in [-0.4, -0.2) is 52.0 Å². The summed E-state index contributed by atoms with van der Waals surface area (Å²) >= 11 is 0.